The van der Waals surface area contributed by atoms with E-state index in [4.69, 9.17) is 15.6 Å². The van der Waals surface area contributed by atoms with Crippen LogP contribution in [0, 0.1) is 0 Å². The number of hydrogen-bond acceptors (Lipinski definition) is 5. The maximum Gasteiger partial charge on any atom is 0.305 e. The van der Waals surface area contributed by atoms with Crippen LogP contribution >= 0.6 is 11.3 Å². The van der Waals surface area contributed by atoms with Crippen molar-refractivity contribution in [3.8, 4) is 0 Å². The second-order valence-corrected chi connectivity index (χ2v) is 5.39. The van der Waals surface area contributed by atoms with E-state index in [0.29, 0.717) is 13.2 Å². The van der Waals surface area contributed by atoms with Gasteiger partial charge in [0.05, 0.1) is 19.1 Å². The molecule has 0 aliphatic carbocycles. The van der Waals surface area contributed by atoms with E-state index in [1.165, 1.54) is 0 Å². The molecule has 2 unspecified atom stereocenters. The Balaban J connectivity index is 2.65. The molecule has 1 aromatic rings. The van der Waals surface area contributed by atoms with Crippen LogP contribution in [-0.4, -0.2) is 37.4 Å². The van der Waals surface area contributed by atoms with Gasteiger partial charge in [-0.2, -0.15) is 0 Å². The van der Waals surface area contributed by atoms with Crippen LogP contribution < -0.4 is 11.1 Å². The van der Waals surface area contributed by atoms with Crippen molar-refractivity contribution in [2.75, 3.05) is 20.3 Å². The molecule has 108 valence electrons. The predicted octanol–water partition coefficient (Wildman–Crippen LogP) is 1.61. The van der Waals surface area contributed by atoms with Gasteiger partial charge in [0.1, 0.15) is 0 Å². The van der Waals surface area contributed by atoms with Gasteiger partial charge in [-0.3, -0.25) is 4.79 Å². The van der Waals surface area contributed by atoms with Crippen molar-refractivity contribution in [3.63, 3.8) is 0 Å². The Morgan fingerprint density at radius 2 is 2.42 bits per heavy atom. The topological polar surface area (TPSA) is 84.6 Å². The van der Waals surface area contributed by atoms with Gasteiger partial charge in [0.2, 0.25) is 0 Å². The minimum Gasteiger partial charge on any atom is -0.481 e. The van der Waals surface area contributed by atoms with Crippen LogP contribution in [0.1, 0.15) is 30.2 Å². The SMILES string of the molecule is COCC(CCCN)NC(CC(=O)O)c1cccs1. The van der Waals surface area contributed by atoms with Gasteiger partial charge in [0.25, 0.3) is 0 Å². The van der Waals surface area contributed by atoms with Crippen molar-refractivity contribution < 1.29 is 14.6 Å². The molecule has 0 aliphatic heterocycles. The molecule has 0 saturated carbocycles. The van der Waals surface area contributed by atoms with Gasteiger partial charge in [-0.15, -0.1) is 11.3 Å². The van der Waals surface area contributed by atoms with E-state index in [2.05, 4.69) is 5.32 Å². The van der Waals surface area contributed by atoms with E-state index in [1.807, 2.05) is 17.5 Å². The number of carbonyl (C=O) groups is 1. The Morgan fingerprint density at radius 3 is 2.95 bits per heavy atom. The standard InChI is InChI=1S/C13H22N2O3S/c1-18-9-10(4-2-6-14)15-11(8-13(16)17)12-5-3-7-19-12/h3,5,7,10-11,15H,2,4,6,8-9,14H2,1H3,(H,16,17). The second kappa shape index (κ2) is 9.03. The molecule has 0 aliphatic rings. The number of carboxylic acids is 1. The Hall–Kier alpha value is -0.950. The fourth-order valence-electron chi connectivity index (χ4n) is 1.97. The highest BCUT2D eigenvalue weighted by molar-refractivity contribution is 7.10. The predicted molar refractivity (Wildman–Crippen MR) is 76.4 cm³/mol. The van der Waals surface area contributed by atoms with Crippen LogP contribution in [0.3, 0.4) is 0 Å². The van der Waals surface area contributed by atoms with Crippen molar-refractivity contribution in [1.82, 2.24) is 5.32 Å². The van der Waals surface area contributed by atoms with E-state index in [0.717, 1.165) is 17.7 Å². The molecule has 5 nitrogen and oxygen atoms in total. The molecular formula is C13H22N2O3S. The molecule has 1 rings (SSSR count). The Labute approximate surface area is 117 Å². The number of nitrogens with two attached hydrogens (primary N) is 1. The minimum absolute atomic E-state index is 0.0728. The van der Waals surface area contributed by atoms with Crippen LogP contribution in [0.4, 0.5) is 0 Å². The lowest BCUT2D eigenvalue weighted by Gasteiger charge is -2.23. The highest BCUT2D eigenvalue weighted by atomic mass is 32.1. The van der Waals surface area contributed by atoms with Crippen molar-refractivity contribution in [2.24, 2.45) is 5.73 Å². The van der Waals surface area contributed by atoms with Gasteiger partial charge in [-0.1, -0.05) is 6.07 Å². The molecule has 0 bridgehead atoms. The molecule has 2 atom stereocenters. The lowest BCUT2D eigenvalue weighted by atomic mass is 10.1. The smallest absolute Gasteiger partial charge is 0.305 e. The van der Waals surface area contributed by atoms with Gasteiger partial charge < -0.3 is 20.9 Å². The molecule has 0 saturated heterocycles. The van der Waals surface area contributed by atoms with Gasteiger partial charge in [-0.05, 0) is 30.8 Å². The maximum atomic E-state index is 11.0. The molecule has 19 heavy (non-hydrogen) atoms. The molecular weight excluding hydrogens is 264 g/mol. The number of thiophene rings is 1. The lowest BCUT2D eigenvalue weighted by Crippen LogP contribution is -2.37. The summed E-state index contributed by atoms with van der Waals surface area (Å²) in [4.78, 5) is 12.0. The molecule has 0 aromatic carbocycles. The fraction of sp³-hybridized carbons (Fsp3) is 0.615. The van der Waals surface area contributed by atoms with Crippen molar-refractivity contribution in [2.45, 2.75) is 31.3 Å². The Bertz CT molecular complexity index is 357. The first-order chi connectivity index (χ1) is 9.17. The van der Waals surface area contributed by atoms with Gasteiger partial charge in [0.15, 0.2) is 0 Å². The first kappa shape index (κ1) is 16.1. The summed E-state index contributed by atoms with van der Waals surface area (Å²) in [6.07, 6.45) is 1.85. The quantitative estimate of drug-likeness (QED) is 0.608. The zero-order valence-electron chi connectivity index (χ0n) is 11.2. The summed E-state index contributed by atoms with van der Waals surface area (Å²) < 4.78 is 5.18. The number of carboxylic acid groups (broad SMARTS) is 1. The summed E-state index contributed by atoms with van der Waals surface area (Å²) in [6.45, 7) is 1.19. The third-order valence-corrected chi connectivity index (χ3v) is 3.81. The van der Waals surface area contributed by atoms with E-state index in [9.17, 15) is 4.79 Å². The van der Waals surface area contributed by atoms with E-state index in [-0.39, 0.29) is 18.5 Å². The third kappa shape index (κ3) is 6.15. The number of rotatable bonds is 10. The molecule has 1 aromatic heterocycles. The minimum atomic E-state index is -0.805. The van der Waals surface area contributed by atoms with E-state index >= 15 is 0 Å². The average Bonchev–Trinajstić information content (AvgIpc) is 2.88. The zero-order valence-corrected chi connectivity index (χ0v) is 12.0. The van der Waals surface area contributed by atoms with Crippen molar-refractivity contribution >= 4 is 17.3 Å². The highest BCUT2D eigenvalue weighted by Gasteiger charge is 2.20. The highest BCUT2D eigenvalue weighted by Crippen LogP contribution is 2.23. The normalized spacial score (nSPS) is 14.2. The van der Waals surface area contributed by atoms with Gasteiger partial charge in [-0.25, -0.2) is 0 Å². The fourth-order valence-corrected chi connectivity index (χ4v) is 2.76. The molecule has 0 amide bonds. The summed E-state index contributed by atoms with van der Waals surface area (Å²) in [5.74, 6) is -0.805. The molecule has 0 radical (unpaired) electrons. The summed E-state index contributed by atoms with van der Waals surface area (Å²) in [5.41, 5.74) is 5.52. The van der Waals surface area contributed by atoms with Crippen molar-refractivity contribution in [3.05, 3.63) is 22.4 Å². The number of methoxy groups -OCH3 is 1. The van der Waals surface area contributed by atoms with E-state index < -0.39 is 5.97 Å². The molecule has 6 heteroatoms. The Morgan fingerprint density at radius 1 is 1.63 bits per heavy atom. The first-order valence-corrected chi connectivity index (χ1v) is 7.25. The summed E-state index contributed by atoms with van der Waals surface area (Å²) in [5, 5.41) is 14.3. The van der Waals surface area contributed by atoms with Crippen LogP contribution in [0.2, 0.25) is 0 Å². The maximum absolute atomic E-state index is 11.0. The van der Waals surface area contributed by atoms with Gasteiger partial charge in [0, 0.05) is 18.0 Å². The van der Waals surface area contributed by atoms with E-state index in [1.54, 1.807) is 18.4 Å². The molecule has 4 N–H and O–H groups in total. The summed E-state index contributed by atoms with van der Waals surface area (Å²) in [6, 6.07) is 3.84. The largest absolute Gasteiger partial charge is 0.481 e. The number of nitrogens with one attached hydrogen (secondary N) is 1. The lowest BCUT2D eigenvalue weighted by molar-refractivity contribution is -0.137. The molecule has 0 spiro atoms. The number of aliphatic carboxylic acids is 1. The monoisotopic (exact) mass is 286 g/mol. The number of hydrogen-bond donors (Lipinski definition) is 3. The summed E-state index contributed by atoms with van der Waals surface area (Å²) in [7, 11) is 1.65. The summed E-state index contributed by atoms with van der Waals surface area (Å²) >= 11 is 1.57. The average molecular weight is 286 g/mol. The van der Waals surface area contributed by atoms with Crippen LogP contribution in [-0.2, 0) is 9.53 Å². The second-order valence-electron chi connectivity index (χ2n) is 4.42. The van der Waals surface area contributed by atoms with Gasteiger partial charge >= 0.3 is 5.97 Å². The molecule has 1 heterocycles. The Kier molecular flexibility index (Phi) is 7.66. The van der Waals surface area contributed by atoms with Crippen LogP contribution in [0.5, 0.6) is 0 Å². The number of ether oxygens (including phenoxy) is 1. The van der Waals surface area contributed by atoms with Crippen LogP contribution in [0.25, 0.3) is 0 Å². The van der Waals surface area contributed by atoms with Crippen LogP contribution in [0.15, 0.2) is 17.5 Å². The van der Waals surface area contributed by atoms with Crippen molar-refractivity contribution in [1.29, 1.82) is 0 Å². The molecule has 0 fully saturated rings. The third-order valence-electron chi connectivity index (χ3n) is 2.83. The zero-order chi connectivity index (χ0) is 14.1. The first-order valence-electron chi connectivity index (χ1n) is 6.37.